The Morgan fingerprint density at radius 1 is 1.30 bits per heavy atom. The Labute approximate surface area is 121 Å². The standard InChI is InChI=1S/C16H24O4/c1-7-19-15(17)16(4,5)20-14-12(11(2)3)9-8-10-13(14)18-6/h8-11H,7H2,1-6H3. The lowest BCUT2D eigenvalue weighted by Gasteiger charge is -2.27. The van der Waals surface area contributed by atoms with Gasteiger partial charge >= 0.3 is 5.97 Å². The van der Waals surface area contributed by atoms with Gasteiger partial charge in [0.05, 0.1) is 13.7 Å². The van der Waals surface area contributed by atoms with Crippen LogP contribution in [0.15, 0.2) is 18.2 Å². The molecule has 0 heterocycles. The number of para-hydroxylation sites is 1. The number of carbonyl (C=O) groups is 1. The maximum atomic E-state index is 12.0. The zero-order valence-electron chi connectivity index (χ0n) is 13.1. The lowest BCUT2D eigenvalue weighted by molar-refractivity contribution is -0.158. The second kappa shape index (κ2) is 6.64. The molecule has 0 amide bonds. The molecule has 0 aliphatic heterocycles. The average molecular weight is 280 g/mol. The number of esters is 1. The highest BCUT2D eigenvalue weighted by atomic mass is 16.6. The third-order valence-corrected chi connectivity index (χ3v) is 2.98. The highest BCUT2D eigenvalue weighted by Gasteiger charge is 2.33. The normalized spacial score (nSPS) is 11.3. The Kier molecular flexibility index (Phi) is 5.43. The van der Waals surface area contributed by atoms with Crippen LogP contribution in [-0.4, -0.2) is 25.3 Å². The van der Waals surface area contributed by atoms with Gasteiger partial charge in [-0.15, -0.1) is 0 Å². The highest BCUT2D eigenvalue weighted by molar-refractivity contribution is 5.79. The zero-order valence-corrected chi connectivity index (χ0v) is 13.1. The highest BCUT2D eigenvalue weighted by Crippen LogP contribution is 2.37. The van der Waals surface area contributed by atoms with Crippen molar-refractivity contribution in [2.45, 2.75) is 46.1 Å². The summed E-state index contributed by atoms with van der Waals surface area (Å²) in [6, 6.07) is 5.71. The molecular formula is C16H24O4. The Hall–Kier alpha value is -1.71. The fraction of sp³-hybridized carbons (Fsp3) is 0.562. The van der Waals surface area contributed by atoms with Gasteiger partial charge in [-0.1, -0.05) is 26.0 Å². The van der Waals surface area contributed by atoms with E-state index in [4.69, 9.17) is 14.2 Å². The first-order valence-electron chi connectivity index (χ1n) is 6.86. The molecule has 0 radical (unpaired) electrons. The summed E-state index contributed by atoms with van der Waals surface area (Å²) in [4.78, 5) is 12.0. The maximum absolute atomic E-state index is 12.0. The third kappa shape index (κ3) is 3.65. The number of rotatable bonds is 6. The van der Waals surface area contributed by atoms with E-state index >= 15 is 0 Å². The van der Waals surface area contributed by atoms with E-state index < -0.39 is 5.60 Å². The van der Waals surface area contributed by atoms with Gasteiger partial charge in [0.25, 0.3) is 0 Å². The second-order valence-corrected chi connectivity index (χ2v) is 5.37. The molecule has 0 aliphatic rings. The molecule has 0 saturated carbocycles. The van der Waals surface area contributed by atoms with Crippen molar-refractivity contribution in [3.63, 3.8) is 0 Å². The Morgan fingerprint density at radius 2 is 1.95 bits per heavy atom. The summed E-state index contributed by atoms with van der Waals surface area (Å²) in [5, 5.41) is 0. The van der Waals surface area contributed by atoms with Crippen molar-refractivity contribution in [1.29, 1.82) is 0 Å². The van der Waals surface area contributed by atoms with Crippen LogP contribution in [0, 0.1) is 0 Å². The summed E-state index contributed by atoms with van der Waals surface area (Å²) in [7, 11) is 1.59. The van der Waals surface area contributed by atoms with E-state index in [1.807, 2.05) is 18.2 Å². The molecule has 1 rings (SSSR count). The van der Waals surface area contributed by atoms with Crippen LogP contribution in [0.4, 0.5) is 0 Å². The van der Waals surface area contributed by atoms with Crippen LogP contribution in [0.1, 0.15) is 46.1 Å². The SMILES string of the molecule is CCOC(=O)C(C)(C)Oc1c(OC)cccc1C(C)C. The molecule has 0 bridgehead atoms. The molecule has 0 fully saturated rings. The van der Waals surface area contributed by atoms with E-state index in [0.29, 0.717) is 18.1 Å². The van der Waals surface area contributed by atoms with Crippen LogP contribution in [0.25, 0.3) is 0 Å². The maximum Gasteiger partial charge on any atom is 0.349 e. The topological polar surface area (TPSA) is 44.8 Å². The largest absolute Gasteiger partial charge is 0.493 e. The molecule has 0 aromatic heterocycles. The van der Waals surface area contributed by atoms with Gasteiger partial charge in [-0.2, -0.15) is 0 Å². The molecule has 0 aliphatic carbocycles. The van der Waals surface area contributed by atoms with Crippen molar-refractivity contribution in [1.82, 2.24) is 0 Å². The minimum Gasteiger partial charge on any atom is -0.493 e. The fourth-order valence-corrected chi connectivity index (χ4v) is 1.86. The van der Waals surface area contributed by atoms with Crippen molar-refractivity contribution in [3.05, 3.63) is 23.8 Å². The van der Waals surface area contributed by atoms with E-state index in [-0.39, 0.29) is 11.9 Å². The Morgan fingerprint density at radius 3 is 2.45 bits per heavy atom. The van der Waals surface area contributed by atoms with Crippen molar-refractivity contribution in [3.8, 4) is 11.5 Å². The molecule has 1 aromatic rings. The molecule has 20 heavy (non-hydrogen) atoms. The first-order valence-corrected chi connectivity index (χ1v) is 6.86. The zero-order chi connectivity index (χ0) is 15.3. The molecule has 0 spiro atoms. The number of hydrogen-bond donors (Lipinski definition) is 0. The van der Waals surface area contributed by atoms with Gasteiger partial charge < -0.3 is 14.2 Å². The predicted octanol–water partition coefficient (Wildman–Crippen LogP) is 3.54. The molecule has 0 N–H and O–H groups in total. The fourth-order valence-electron chi connectivity index (χ4n) is 1.86. The van der Waals surface area contributed by atoms with Crippen LogP contribution in [0.3, 0.4) is 0 Å². The average Bonchev–Trinajstić information content (AvgIpc) is 2.38. The van der Waals surface area contributed by atoms with E-state index in [0.717, 1.165) is 5.56 Å². The summed E-state index contributed by atoms with van der Waals surface area (Å²) in [6.07, 6.45) is 0. The van der Waals surface area contributed by atoms with Gasteiger partial charge in [0, 0.05) is 5.56 Å². The number of benzene rings is 1. The van der Waals surface area contributed by atoms with Gasteiger partial charge in [0.2, 0.25) is 0 Å². The number of ether oxygens (including phenoxy) is 3. The molecular weight excluding hydrogens is 256 g/mol. The van der Waals surface area contributed by atoms with Crippen LogP contribution in [-0.2, 0) is 9.53 Å². The van der Waals surface area contributed by atoms with Crippen molar-refractivity contribution in [2.75, 3.05) is 13.7 Å². The molecule has 4 nitrogen and oxygen atoms in total. The monoisotopic (exact) mass is 280 g/mol. The quantitative estimate of drug-likeness (QED) is 0.748. The third-order valence-electron chi connectivity index (χ3n) is 2.98. The lowest BCUT2D eigenvalue weighted by Crippen LogP contribution is -2.40. The van der Waals surface area contributed by atoms with Gasteiger partial charge in [-0.3, -0.25) is 0 Å². The van der Waals surface area contributed by atoms with Gasteiger partial charge in [-0.25, -0.2) is 4.79 Å². The minimum atomic E-state index is -1.06. The minimum absolute atomic E-state index is 0.262. The molecule has 4 heteroatoms. The first-order chi connectivity index (χ1) is 9.33. The van der Waals surface area contributed by atoms with Gasteiger partial charge in [0.15, 0.2) is 17.1 Å². The molecule has 0 unspecified atom stereocenters. The number of carbonyl (C=O) groups excluding carboxylic acids is 1. The van der Waals surface area contributed by atoms with E-state index in [9.17, 15) is 4.79 Å². The summed E-state index contributed by atoms with van der Waals surface area (Å²) in [5.74, 6) is 1.09. The number of hydrogen-bond acceptors (Lipinski definition) is 4. The lowest BCUT2D eigenvalue weighted by atomic mass is 10.0. The van der Waals surface area contributed by atoms with Crippen molar-refractivity contribution in [2.24, 2.45) is 0 Å². The van der Waals surface area contributed by atoms with E-state index in [1.165, 1.54) is 0 Å². The summed E-state index contributed by atoms with van der Waals surface area (Å²) in [6.45, 7) is 9.63. The smallest absolute Gasteiger partial charge is 0.349 e. The summed E-state index contributed by atoms with van der Waals surface area (Å²) >= 11 is 0. The van der Waals surface area contributed by atoms with Crippen LogP contribution < -0.4 is 9.47 Å². The molecule has 1 aromatic carbocycles. The van der Waals surface area contributed by atoms with Crippen LogP contribution >= 0.6 is 0 Å². The van der Waals surface area contributed by atoms with Crippen molar-refractivity contribution >= 4 is 5.97 Å². The number of methoxy groups -OCH3 is 1. The molecule has 0 atom stereocenters. The van der Waals surface area contributed by atoms with Gasteiger partial charge in [0.1, 0.15) is 0 Å². The van der Waals surface area contributed by atoms with Crippen LogP contribution in [0.5, 0.6) is 11.5 Å². The summed E-state index contributed by atoms with van der Waals surface area (Å²) < 4.78 is 16.3. The van der Waals surface area contributed by atoms with E-state index in [2.05, 4.69) is 13.8 Å². The molecule has 112 valence electrons. The molecule has 0 saturated heterocycles. The first kappa shape index (κ1) is 16.3. The predicted molar refractivity (Wildman–Crippen MR) is 78.4 cm³/mol. The van der Waals surface area contributed by atoms with Crippen LogP contribution in [0.2, 0.25) is 0 Å². The Bertz CT molecular complexity index is 464. The van der Waals surface area contributed by atoms with E-state index in [1.54, 1.807) is 27.9 Å². The van der Waals surface area contributed by atoms with Gasteiger partial charge in [-0.05, 0) is 32.8 Å². The van der Waals surface area contributed by atoms with Crippen molar-refractivity contribution < 1.29 is 19.0 Å². The Balaban J connectivity index is 3.15. The summed E-state index contributed by atoms with van der Waals surface area (Å²) in [5.41, 5.74) is -0.0596. The second-order valence-electron chi connectivity index (χ2n) is 5.37.